The summed E-state index contributed by atoms with van der Waals surface area (Å²) in [5, 5.41) is 9.13. The van der Waals surface area contributed by atoms with Gasteiger partial charge in [0.2, 0.25) is 0 Å². The smallest absolute Gasteiger partial charge is 0.333 e. The van der Waals surface area contributed by atoms with Crippen molar-refractivity contribution in [3.05, 3.63) is 35.9 Å². The van der Waals surface area contributed by atoms with E-state index < -0.39 is 0 Å². The van der Waals surface area contributed by atoms with Gasteiger partial charge in [-0.25, -0.2) is 4.79 Å². The predicted octanol–water partition coefficient (Wildman–Crippen LogP) is 2.99. The number of aromatic hydroxyl groups is 1. The largest absolute Gasteiger partial charge is 0.508 e. The molecule has 3 nitrogen and oxygen atoms in total. The monoisotopic (exact) mass is 252 g/mol. The zero-order valence-corrected chi connectivity index (χ0v) is 10.8. The van der Waals surface area contributed by atoms with Gasteiger partial charge >= 0.3 is 5.97 Å². The van der Waals surface area contributed by atoms with Gasteiger partial charge in [-0.3, -0.25) is 0 Å². The molecule has 0 aliphatic heterocycles. The van der Waals surface area contributed by atoms with Gasteiger partial charge < -0.3 is 9.84 Å². The summed E-state index contributed by atoms with van der Waals surface area (Å²) in [5.74, 6) is 0.704. The minimum absolute atomic E-state index is 0.258. The molecule has 0 unspecified atom stereocenters. The highest BCUT2D eigenvalue weighted by atomic mass is 32.2. The van der Waals surface area contributed by atoms with Crippen molar-refractivity contribution in [1.82, 2.24) is 0 Å². The molecule has 0 bridgehead atoms. The van der Waals surface area contributed by atoms with E-state index in [9.17, 15) is 4.79 Å². The zero-order valence-electron chi connectivity index (χ0n) is 9.97. The van der Waals surface area contributed by atoms with E-state index in [0.717, 1.165) is 4.90 Å². The molecule has 0 amide bonds. The van der Waals surface area contributed by atoms with Crippen LogP contribution in [0.5, 0.6) is 5.75 Å². The fraction of sp³-hybridized carbons (Fsp3) is 0.308. The molecule has 0 aromatic heterocycles. The van der Waals surface area contributed by atoms with E-state index in [1.165, 1.54) is 7.11 Å². The van der Waals surface area contributed by atoms with Crippen LogP contribution in [0.15, 0.2) is 40.8 Å². The Kier molecular flexibility index (Phi) is 5.63. The van der Waals surface area contributed by atoms with Gasteiger partial charge in [-0.05, 0) is 30.7 Å². The van der Waals surface area contributed by atoms with E-state index in [1.807, 2.05) is 25.1 Å². The molecule has 0 aliphatic carbocycles. The van der Waals surface area contributed by atoms with Gasteiger partial charge in [-0.1, -0.05) is 13.0 Å². The maximum Gasteiger partial charge on any atom is 0.333 e. The first-order valence-corrected chi connectivity index (χ1v) is 6.35. The van der Waals surface area contributed by atoms with Crippen LogP contribution < -0.4 is 0 Å². The Hall–Kier alpha value is -1.42. The average Bonchev–Trinajstić information content (AvgIpc) is 2.36. The second kappa shape index (κ2) is 7.01. The predicted molar refractivity (Wildman–Crippen MR) is 69.2 cm³/mol. The lowest BCUT2D eigenvalue weighted by Gasteiger charge is -2.02. The summed E-state index contributed by atoms with van der Waals surface area (Å²) in [6.45, 7) is 1.92. The highest BCUT2D eigenvalue weighted by molar-refractivity contribution is 7.99. The zero-order chi connectivity index (χ0) is 12.7. The molecule has 0 saturated carbocycles. The number of hydrogen-bond acceptors (Lipinski definition) is 4. The van der Waals surface area contributed by atoms with Crippen LogP contribution in [0.1, 0.15) is 13.3 Å². The van der Waals surface area contributed by atoms with Crippen LogP contribution in [0, 0.1) is 0 Å². The van der Waals surface area contributed by atoms with E-state index in [4.69, 9.17) is 5.11 Å². The van der Waals surface area contributed by atoms with Crippen molar-refractivity contribution in [2.45, 2.75) is 18.2 Å². The number of phenols is 1. The molecular weight excluding hydrogens is 236 g/mol. The summed E-state index contributed by atoms with van der Waals surface area (Å²) in [5.41, 5.74) is 0.693. The summed E-state index contributed by atoms with van der Waals surface area (Å²) in [7, 11) is 1.39. The third-order valence-electron chi connectivity index (χ3n) is 2.24. The molecular formula is C13H16O3S. The Morgan fingerprint density at radius 2 is 2.06 bits per heavy atom. The van der Waals surface area contributed by atoms with Crippen molar-refractivity contribution in [2.24, 2.45) is 0 Å². The minimum Gasteiger partial charge on any atom is -0.508 e. The maximum absolute atomic E-state index is 11.3. The summed E-state index contributed by atoms with van der Waals surface area (Å²) in [6, 6.07) is 6.98. The summed E-state index contributed by atoms with van der Waals surface area (Å²) in [6.07, 6.45) is 2.55. The summed E-state index contributed by atoms with van der Waals surface area (Å²) < 4.78 is 4.67. The lowest BCUT2D eigenvalue weighted by molar-refractivity contribution is -0.136. The number of hydrogen-bond donors (Lipinski definition) is 1. The van der Waals surface area contributed by atoms with Crippen LogP contribution in [-0.4, -0.2) is 23.9 Å². The average molecular weight is 252 g/mol. The molecule has 1 aromatic rings. The molecule has 0 saturated heterocycles. The fourth-order valence-electron chi connectivity index (χ4n) is 1.28. The number of phenolic OH excluding ortho intramolecular Hbond substituents is 1. The minimum atomic E-state index is -0.265. The van der Waals surface area contributed by atoms with Crippen LogP contribution in [-0.2, 0) is 9.53 Å². The van der Waals surface area contributed by atoms with Gasteiger partial charge in [0, 0.05) is 16.2 Å². The van der Waals surface area contributed by atoms with Gasteiger partial charge in [0.25, 0.3) is 0 Å². The van der Waals surface area contributed by atoms with E-state index in [0.29, 0.717) is 17.7 Å². The van der Waals surface area contributed by atoms with Crippen molar-refractivity contribution in [3.63, 3.8) is 0 Å². The van der Waals surface area contributed by atoms with Crippen molar-refractivity contribution < 1.29 is 14.6 Å². The number of carbonyl (C=O) groups is 1. The highest BCUT2D eigenvalue weighted by Crippen LogP contribution is 2.21. The SMILES string of the molecule is CCC(=CCSc1ccc(O)cc1)C(=O)OC. The Balaban J connectivity index is 2.53. The number of ether oxygens (including phenoxy) is 1. The summed E-state index contributed by atoms with van der Waals surface area (Å²) >= 11 is 1.61. The van der Waals surface area contributed by atoms with Crippen molar-refractivity contribution in [3.8, 4) is 5.75 Å². The molecule has 1 aromatic carbocycles. The van der Waals surface area contributed by atoms with E-state index in [1.54, 1.807) is 23.9 Å². The third-order valence-corrected chi connectivity index (χ3v) is 3.18. The molecule has 0 fully saturated rings. The third kappa shape index (κ3) is 4.53. The topological polar surface area (TPSA) is 46.5 Å². The normalized spacial score (nSPS) is 11.3. The lowest BCUT2D eigenvalue weighted by Crippen LogP contribution is -2.04. The molecule has 0 aliphatic rings. The van der Waals surface area contributed by atoms with Crippen molar-refractivity contribution >= 4 is 17.7 Å². The first-order chi connectivity index (χ1) is 8.17. The molecule has 1 rings (SSSR count). The number of esters is 1. The number of carbonyl (C=O) groups excluding carboxylic acids is 1. The van der Waals surface area contributed by atoms with E-state index >= 15 is 0 Å². The molecule has 0 radical (unpaired) electrons. The Morgan fingerprint density at radius 1 is 1.41 bits per heavy atom. The van der Waals surface area contributed by atoms with E-state index in [-0.39, 0.29) is 11.7 Å². The van der Waals surface area contributed by atoms with Crippen LogP contribution in [0.25, 0.3) is 0 Å². The van der Waals surface area contributed by atoms with Crippen LogP contribution in [0.2, 0.25) is 0 Å². The molecule has 0 atom stereocenters. The van der Waals surface area contributed by atoms with Crippen molar-refractivity contribution in [2.75, 3.05) is 12.9 Å². The number of benzene rings is 1. The first-order valence-electron chi connectivity index (χ1n) is 5.36. The fourth-order valence-corrected chi connectivity index (χ4v) is 2.09. The number of methoxy groups -OCH3 is 1. The van der Waals surface area contributed by atoms with Crippen LogP contribution in [0.3, 0.4) is 0 Å². The summed E-state index contributed by atoms with van der Waals surface area (Å²) in [4.78, 5) is 12.4. The van der Waals surface area contributed by atoms with E-state index in [2.05, 4.69) is 4.74 Å². The van der Waals surface area contributed by atoms with Crippen LogP contribution in [0.4, 0.5) is 0 Å². The van der Waals surface area contributed by atoms with Gasteiger partial charge in [0.05, 0.1) is 7.11 Å². The Morgan fingerprint density at radius 3 is 2.59 bits per heavy atom. The highest BCUT2D eigenvalue weighted by Gasteiger charge is 2.05. The lowest BCUT2D eigenvalue weighted by atomic mass is 10.2. The van der Waals surface area contributed by atoms with Gasteiger partial charge in [-0.15, -0.1) is 11.8 Å². The van der Waals surface area contributed by atoms with Gasteiger partial charge in [-0.2, -0.15) is 0 Å². The molecule has 0 heterocycles. The quantitative estimate of drug-likeness (QED) is 0.497. The number of thioether (sulfide) groups is 1. The number of rotatable bonds is 5. The standard InChI is InChI=1S/C13H16O3S/c1-3-10(13(15)16-2)8-9-17-12-6-4-11(14)5-7-12/h4-8,14H,3,9H2,1-2H3. The molecule has 0 spiro atoms. The van der Waals surface area contributed by atoms with Gasteiger partial charge in [0.15, 0.2) is 0 Å². The van der Waals surface area contributed by atoms with Crippen LogP contribution >= 0.6 is 11.8 Å². The maximum atomic E-state index is 11.3. The second-order valence-electron chi connectivity index (χ2n) is 3.38. The first kappa shape index (κ1) is 13.6. The molecule has 1 N–H and O–H groups in total. The van der Waals surface area contributed by atoms with Gasteiger partial charge in [0.1, 0.15) is 5.75 Å². The molecule has 92 valence electrons. The Labute approximate surface area is 105 Å². The second-order valence-corrected chi connectivity index (χ2v) is 4.47. The molecule has 17 heavy (non-hydrogen) atoms. The van der Waals surface area contributed by atoms with Crippen molar-refractivity contribution in [1.29, 1.82) is 0 Å². The Bertz CT molecular complexity index is 396. The molecule has 4 heteroatoms.